The lowest BCUT2D eigenvalue weighted by Crippen LogP contribution is -2.32. The van der Waals surface area contributed by atoms with Crippen LogP contribution in [0.25, 0.3) is 5.57 Å². The van der Waals surface area contributed by atoms with E-state index >= 15 is 0 Å². The number of hydrogen-bond acceptors (Lipinski definition) is 6. The predicted molar refractivity (Wildman–Crippen MR) is 116 cm³/mol. The average Bonchev–Trinajstić information content (AvgIpc) is 3.03. The molecule has 0 radical (unpaired) electrons. The van der Waals surface area contributed by atoms with Crippen LogP contribution < -0.4 is 14.8 Å². The molecule has 0 bridgehead atoms. The summed E-state index contributed by atoms with van der Waals surface area (Å²) in [4.78, 5) is 31.8. The van der Waals surface area contributed by atoms with Crippen molar-refractivity contribution in [3.05, 3.63) is 89.6 Å². The first-order chi connectivity index (χ1) is 15.5. The van der Waals surface area contributed by atoms with Crippen molar-refractivity contribution in [3.8, 4) is 11.5 Å². The lowest BCUT2D eigenvalue weighted by molar-refractivity contribution is -0.137. The number of anilines is 1. The number of hydrogen-bond donors (Lipinski definition) is 1. The first kappa shape index (κ1) is 21.0. The zero-order chi connectivity index (χ0) is 22.7. The first-order valence-electron chi connectivity index (χ1n) is 9.76. The van der Waals surface area contributed by atoms with Gasteiger partial charge >= 0.3 is 0 Å². The van der Waals surface area contributed by atoms with Crippen molar-refractivity contribution in [1.82, 2.24) is 9.88 Å². The van der Waals surface area contributed by atoms with E-state index in [-0.39, 0.29) is 17.8 Å². The summed E-state index contributed by atoms with van der Waals surface area (Å²) in [5, 5.41) is 2.94. The second kappa shape index (κ2) is 8.89. The van der Waals surface area contributed by atoms with Gasteiger partial charge in [0.15, 0.2) is 11.5 Å². The van der Waals surface area contributed by atoms with Gasteiger partial charge in [0.2, 0.25) is 0 Å². The number of benzene rings is 2. The lowest BCUT2D eigenvalue weighted by atomic mass is 10.0. The van der Waals surface area contributed by atoms with Gasteiger partial charge < -0.3 is 14.8 Å². The molecular weight excluding hydrogens is 413 g/mol. The molecule has 1 N–H and O–H groups in total. The third-order valence-corrected chi connectivity index (χ3v) is 5.02. The van der Waals surface area contributed by atoms with Gasteiger partial charge in [0.25, 0.3) is 11.8 Å². The van der Waals surface area contributed by atoms with Gasteiger partial charge in [-0.15, -0.1) is 0 Å². The second-order valence-corrected chi connectivity index (χ2v) is 7.01. The van der Waals surface area contributed by atoms with Crippen LogP contribution in [0.4, 0.5) is 10.1 Å². The molecule has 2 aromatic carbocycles. The van der Waals surface area contributed by atoms with Crippen molar-refractivity contribution in [2.75, 3.05) is 19.5 Å². The van der Waals surface area contributed by atoms with E-state index in [1.807, 2.05) is 0 Å². The molecule has 3 aromatic rings. The molecule has 1 aromatic heterocycles. The minimum absolute atomic E-state index is 0.0573. The Kier molecular flexibility index (Phi) is 5.85. The van der Waals surface area contributed by atoms with Crippen molar-refractivity contribution in [2.24, 2.45) is 0 Å². The number of amides is 2. The van der Waals surface area contributed by atoms with Crippen molar-refractivity contribution in [3.63, 3.8) is 0 Å². The van der Waals surface area contributed by atoms with Crippen LogP contribution in [0, 0.1) is 5.82 Å². The molecule has 32 heavy (non-hydrogen) atoms. The number of ether oxygens (including phenoxy) is 2. The van der Waals surface area contributed by atoms with Crippen molar-refractivity contribution in [1.29, 1.82) is 0 Å². The largest absolute Gasteiger partial charge is 0.493 e. The maximum Gasteiger partial charge on any atom is 0.278 e. The Morgan fingerprint density at radius 1 is 0.938 bits per heavy atom. The third kappa shape index (κ3) is 4.02. The molecule has 0 atom stereocenters. The topological polar surface area (TPSA) is 80.8 Å². The summed E-state index contributed by atoms with van der Waals surface area (Å²) in [5.41, 5.74) is 1.79. The minimum Gasteiger partial charge on any atom is -0.493 e. The summed E-state index contributed by atoms with van der Waals surface area (Å²) >= 11 is 0. The Morgan fingerprint density at radius 3 is 2.38 bits per heavy atom. The Bertz CT molecular complexity index is 1210. The fourth-order valence-electron chi connectivity index (χ4n) is 3.48. The van der Waals surface area contributed by atoms with Gasteiger partial charge in [0.05, 0.1) is 26.3 Å². The molecule has 0 fully saturated rings. The fraction of sp³-hybridized carbons (Fsp3) is 0.125. The molecule has 7 nitrogen and oxygen atoms in total. The summed E-state index contributed by atoms with van der Waals surface area (Å²) in [7, 11) is 2.99. The summed E-state index contributed by atoms with van der Waals surface area (Å²) in [6.45, 7) is 0.0747. The number of nitrogens with zero attached hydrogens (tertiary/aromatic N) is 2. The van der Waals surface area contributed by atoms with E-state index in [9.17, 15) is 14.0 Å². The summed E-state index contributed by atoms with van der Waals surface area (Å²) in [6.07, 6.45) is 3.18. The first-order valence-corrected chi connectivity index (χ1v) is 9.76. The number of imide groups is 1. The van der Waals surface area contributed by atoms with Crippen LogP contribution in [0.5, 0.6) is 11.5 Å². The van der Waals surface area contributed by atoms with Crippen molar-refractivity contribution >= 4 is 23.1 Å². The van der Waals surface area contributed by atoms with Crippen LogP contribution >= 0.6 is 0 Å². The summed E-state index contributed by atoms with van der Waals surface area (Å²) in [6, 6.07) is 14.1. The highest BCUT2D eigenvalue weighted by Crippen LogP contribution is 2.36. The zero-order valence-electron chi connectivity index (χ0n) is 17.5. The van der Waals surface area contributed by atoms with Crippen LogP contribution in [0.1, 0.15) is 11.1 Å². The van der Waals surface area contributed by atoms with Crippen molar-refractivity contribution in [2.45, 2.75) is 6.54 Å². The van der Waals surface area contributed by atoms with Crippen LogP contribution in [0.2, 0.25) is 0 Å². The van der Waals surface area contributed by atoms with Crippen LogP contribution in [0.15, 0.2) is 72.7 Å². The van der Waals surface area contributed by atoms with E-state index in [1.165, 1.54) is 32.4 Å². The number of carbonyl (C=O) groups is 2. The van der Waals surface area contributed by atoms with Gasteiger partial charge in [-0.1, -0.05) is 12.1 Å². The van der Waals surface area contributed by atoms with E-state index < -0.39 is 17.6 Å². The predicted octanol–water partition coefficient (Wildman–Crippen LogP) is 3.63. The van der Waals surface area contributed by atoms with E-state index in [1.54, 1.807) is 48.8 Å². The molecule has 0 saturated heterocycles. The lowest BCUT2D eigenvalue weighted by Gasteiger charge is -2.15. The Morgan fingerprint density at radius 2 is 1.69 bits per heavy atom. The molecule has 4 rings (SSSR count). The third-order valence-electron chi connectivity index (χ3n) is 5.02. The number of carbonyl (C=O) groups excluding carboxylic acids is 2. The second-order valence-electron chi connectivity index (χ2n) is 7.01. The Labute approximate surface area is 184 Å². The van der Waals surface area contributed by atoms with Gasteiger partial charge in [0, 0.05) is 18.1 Å². The smallest absolute Gasteiger partial charge is 0.278 e. The standard InChI is InChI=1S/C24H20FN3O4/c1-31-19-7-6-16(12-20(19)32-2)21-22(27-18-5-3-4-17(25)13-18)24(30)28(23(21)29)14-15-8-10-26-11-9-15/h3-13,27H,14H2,1-2H3. The highest BCUT2D eigenvalue weighted by Gasteiger charge is 2.39. The Balaban J connectivity index is 1.79. The highest BCUT2D eigenvalue weighted by molar-refractivity contribution is 6.36. The molecule has 2 heterocycles. The zero-order valence-corrected chi connectivity index (χ0v) is 17.5. The van der Waals surface area contributed by atoms with Gasteiger partial charge in [-0.05, 0) is 53.6 Å². The molecule has 0 saturated carbocycles. The molecule has 162 valence electrons. The molecule has 0 aliphatic carbocycles. The number of nitrogens with one attached hydrogen (secondary N) is 1. The average molecular weight is 433 g/mol. The van der Waals surface area contributed by atoms with E-state index in [0.29, 0.717) is 22.7 Å². The molecule has 8 heteroatoms. The maximum atomic E-state index is 13.7. The number of methoxy groups -OCH3 is 2. The summed E-state index contributed by atoms with van der Waals surface area (Å²) < 4.78 is 24.4. The van der Waals surface area contributed by atoms with Crippen LogP contribution in [-0.4, -0.2) is 35.9 Å². The molecule has 2 amide bonds. The molecule has 1 aliphatic heterocycles. The minimum atomic E-state index is -0.513. The highest BCUT2D eigenvalue weighted by atomic mass is 19.1. The van der Waals surface area contributed by atoms with Gasteiger partial charge in [-0.25, -0.2) is 4.39 Å². The SMILES string of the molecule is COc1ccc(C2=C(Nc3cccc(F)c3)C(=O)N(Cc3ccncc3)C2=O)cc1OC. The molecule has 1 aliphatic rings. The summed E-state index contributed by atoms with van der Waals surface area (Å²) in [5.74, 6) is -0.551. The molecule has 0 spiro atoms. The maximum absolute atomic E-state index is 13.7. The number of rotatable bonds is 7. The number of pyridine rings is 1. The fourth-order valence-corrected chi connectivity index (χ4v) is 3.48. The number of halogens is 1. The molecular formula is C24H20FN3O4. The van der Waals surface area contributed by atoms with Crippen LogP contribution in [0.3, 0.4) is 0 Å². The monoisotopic (exact) mass is 433 g/mol. The van der Waals surface area contributed by atoms with E-state index in [2.05, 4.69) is 10.3 Å². The van der Waals surface area contributed by atoms with Gasteiger partial charge in [-0.2, -0.15) is 0 Å². The van der Waals surface area contributed by atoms with E-state index in [0.717, 1.165) is 10.5 Å². The quantitative estimate of drug-likeness (QED) is 0.573. The van der Waals surface area contributed by atoms with Crippen molar-refractivity contribution < 1.29 is 23.5 Å². The van der Waals surface area contributed by atoms with E-state index in [4.69, 9.17) is 9.47 Å². The van der Waals surface area contributed by atoms with Crippen LogP contribution in [-0.2, 0) is 16.1 Å². The van der Waals surface area contributed by atoms with Gasteiger partial charge in [0.1, 0.15) is 11.5 Å². The van der Waals surface area contributed by atoms with Gasteiger partial charge in [-0.3, -0.25) is 19.5 Å². The Hall–Kier alpha value is -4.20. The number of aromatic nitrogens is 1. The molecule has 0 unspecified atom stereocenters. The normalized spacial score (nSPS) is 13.5.